The normalized spacial score (nSPS) is 15.9. The van der Waals surface area contributed by atoms with Crippen LogP contribution in [0.1, 0.15) is 27.9 Å². The van der Waals surface area contributed by atoms with Gasteiger partial charge in [0.25, 0.3) is 0 Å². The third-order valence-corrected chi connectivity index (χ3v) is 6.65. The molecule has 1 aliphatic heterocycles. The molecule has 0 bridgehead atoms. The van der Waals surface area contributed by atoms with E-state index in [0.29, 0.717) is 12.4 Å². The van der Waals surface area contributed by atoms with Gasteiger partial charge in [-0.25, -0.2) is 15.0 Å². The van der Waals surface area contributed by atoms with Gasteiger partial charge in [0.05, 0.1) is 25.5 Å². The smallest absolute Gasteiger partial charge is 0.227 e. The van der Waals surface area contributed by atoms with Crippen LogP contribution >= 0.6 is 11.3 Å². The highest BCUT2D eigenvalue weighted by Gasteiger charge is 2.24. The van der Waals surface area contributed by atoms with E-state index in [1.165, 1.54) is 4.88 Å². The molecule has 0 atom stereocenters. The van der Waals surface area contributed by atoms with Crippen LogP contribution in [0.25, 0.3) is 11.4 Å². The van der Waals surface area contributed by atoms with Crippen molar-refractivity contribution in [1.82, 2.24) is 19.9 Å². The van der Waals surface area contributed by atoms with Crippen LogP contribution in [0.15, 0.2) is 30.5 Å². The molecule has 31 heavy (non-hydrogen) atoms. The molecule has 2 aromatic heterocycles. The summed E-state index contributed by atoms with van der Waals surface area (Å²) in [6.45, 7) is 5.98. The van der Waals surface area contributed by atoms with E-state index in [1.807, 2.05) is 30.5 Å². The highest BCUT2D eigenvalue weighted by Crippen LogP contribution is 2.36. The zero-order chi connectivity index (χ0) is 21.2. The number of morpholine rings is 1. The molecule has 1 fully saturated rings. The molecule has 8 heteroatoms. The predicted molar refractivity (Wildman–Crippen MR) is 121 cm³/mol. The minimum atomic E-state index is 0.145. The van der Waals surface area contributed by atoms with Crippen LogP contribution in [0.3, 0.4) is 0 Å². The number of carbonyl (C=O) groups excluding carboxylic acids is 1. The molecule has 1 aliphatic carbocycles. The molecule has 2 aliphatic rings. The number of Topliss-reactive ketones (excluding diaryl/α,β-unsaturated/α-hetero) is 1. The Morgan fingerprint density at radius 3 is 2.90 bits per heavy atom. The first-order valence-electron chi connectivity index (χ1n) is 10.6. The van der Waals surface area contributed by atoms with E-state index in [-0.39, 0.29) is 5.78 Å². The Balaban J connectivity index is 1.37. The summed E-state index contributed by atoms with van der Waals surface area (Å²) in [7, 11) is 0. The molecule has 1 aromatic carbocycles. The Bertz CT molecular complexity index is 1110. The second-order valence-electron chi connectivity index (χ2n) is 8.04. The number of ether oxygens (including phenoxy) is 1. The molecule has 7 nitrogen and oxygen atoms in total. The van der Waals surface area contributed by atoms with Gasteiger partial charge in [0, 0.05) is 36.3 Å². The van der Waals surface area contributed by atoms with Crippen LogP contribution in [0.4, 0.5) is 11.6 Å². The van der Waals surface area contributed by atoms with E-state index in [4.69, 9.17) is 14.7 Å². The first-order chi connectivity index (χ1) is 15.1. The maximum absolute atomic E-state index is 11.4. The number of aromatic nitrogens is 3. The lowest BCUT2D eigenvalue weighted by molar-refractivity contribution is -0.116. The Labute approximate surface area is 185 Å². The molecule has 3 heterocycles. The Morgan fingerprint density at radius 1 is 1.19 bits per heavy atom. The quantitative estimate of drug-likeness (QED) is 0.636. The van der Waals surface area contributed by atoms with Crippen molar-refractivity contribution in [3.63, 3.8) is 0 Å². The number of benzene rings is 1. The molecule has 3 aromatic rings. The molecule has 0 radical (unpaired) electrons. The first kappa shape index (κ1) is 20.2. The van der Waals surface area contributed by atoms with Gasteiger partial charge in [-0.2, -0.15) is 0 Å². The Kier molecular flexibility index (Phi) is 5.76. The summed E-state index contributed by atoms with van der Waals surface area (Å²) in [4.78, 5) is 29.4. The number of rotatable bonds is 6. The highest BCUT2D eigenvalue weighted by molar-refractivity contribution is 7.12. The third kappa shape index (κ3) is 4.66. The molecular weight excluding hydrogens is 410 g/mol. The fourth-order valence-electron chi connectivity index (χ4n) is 4.05. The standard InChI is InChI=1S/C23H25N5O2S/c1-15(29)11-16-3-2-4-18(12-16)25-23-24-13-17-5-6-19-22(21(17)27-23)26-20(31-19)14-28-7-9-30-10-8-28/h2-4,12-13H,5-11,14H2,1H3,(H,24,25,27). The number of fused-ring (bicyclic) bond motifs is 3. The third-order valence-electron chi connectivity index (χ3n) is 5.55. The Hall–Kier alpha value is -2.68. The van der Waals surface area contributed by atoms with Crippen LogP contribution in [-0.2, 0) is 35.3 Å². The number of anilines is 2. The van der Waals surface area contributed by atoms with Crippen LogP contribution in [0.5, 0.6) is 0 Å². The van der Waals surface area contributed by atoms with Crippen molar-refractivity contribution < 1.29 is 9.53 Å². The number of hydrogen-bond donors (Lipinski definition) is 1. The Morgan fingerprint density at radius 2 is 2.06 bits per heavy atom. The molecular formula is C23H25N5O2S. The molecule has 0 saturated carbocycles. The summed E-state index contributed by atoms with van der Waals surface area (Å²) in [6, 6.07) is 7.83. The zero-order valence-corrected chi connectivity index (χ0v) is 18.4. The van der Waals surface area contributed by atoms with Crippen LogP contribution < -0.4 is 5.32 Å². The van der Waals surface area contributed by atoms with Crippen molar-refractivity contribution in [1.29, 1.82) is 0 Å². The summed E-state index contributed by atoms with van der Waals surface area (Å²) < 4.78 is 5.45. The monoisotopic (exact) mass is 435 g/mol. The lowest BCUT2D eigenvalue weighted by Crippen LogP contribution is -2.35. The van der Waals surface area contributed by atoms with Crippen molar-refractivity contribution in [3.05, 3.63) is 51.5 Å². The molecule has 5 rings (SSSR count). The molecule has 1 saturated heterocycles. The summed E-state index contributed by atoms with van der Waals surface area (Å²) in [5.41, 5.74) is 4.94. The van der Waals surface area contributed by atoms with Crippen molar-refractivity contribution >= 4 is 28.8 Å². The summed E-state index contributed by atoms with van der Waals surface area (Å²) >= 11 is 1.80. The summed E-state index contributed by atoms with van der Waals surface area (Å²) in [5, 5.41) is 4.43. The fraction of sp³-hybridized carbons (Fsp3) is 0.391. The number of hydrogen-bond acceptors (Lipinski definition) is 8. The average Bonchev–Trinajstić information content (AvgIpc) is 3.17. The second kappa shape index (κ2) is 8.82. The number of thiazole rings is 1. The van der Waals surface area contributed by atoms with Gasteiger partial charge in [0.15, 0.2) is 0 Å². The van der Waals surface area contributed by atoms with Gasteiger partial charge >= 0.3 is 0 Å². The predicted octanol–water partition coefficient (Wildman–Crippen LogP) is 3.41. The first-order valence-corrected chi connectivity index (χ1v) is 11.5. The number of nitrogens with one attached hydrogen (secondary N) is 1. The van der Waals surface area contributed by atoms with Gasteiger partial charge in [-0.1, -0.05) is 12.1 Å². The van der Waals surface area contributed by atoms with Crippen LogP contribution in [0, 0.1) is 0 Å². The van der Waals surface area contributed by atoms with Crippen molar-refractivity contribution in [2.75, 3.05) is 31.6 Å². The number of carbonyl (C=O) groups is 1. The van der Waals surface area contributed by atoms with E-state index in [9.17, 15) is 4.79 Å². The van der Waals surface area contributed by atoms with Gasteiger partial charge < -0.3 is 10.1 Å². The topological polar surface area (TPSA) is 80.2 Å². The minimum Gasteiger partial charge on any atom is -0.379 e. The maximum Gasteiger partial charge on any atom is 0.227 e. The van der Waals surface area contributed by atoms with E-state index in [1.54, 1.807) is 18.3 Å². The van der Waals surface area contributed by atoms with Gasteiger partial charge in [-0.15, -0.1) is 11.3 Å². The lowest BCUT2D eigenvalue weighted by atomic mass is 10.00. The SMILES string of the molecule is CC(=O)Cc1cccc(Nc2ncc3c(n2)-c2nc(CN4CCOCC4)sc2CC3)c1. The van der Waals surface area contributed by atoms with E-state index in [0.717, 1.165) is 78.9 Å². The zero-order valence-electron chi connectivity index (χ0n) is 17.6. The van der Waals surface area contributed by atoms with E-state index >= 15 is 0 Å². The van der Waals surface area contributed by atoms with Crippen LogP contribution in [0.2, 0.25) is 0 Å². The molecule has 160 valence electrons. The fourth-order valence-corrected chi connectivity index (χ4v) is 5.16. The van der Waals surface area contributed by atoms with E-state index in [2.05, 4.69) is 15.2 Å². The van der Waals surface area contributed by atoms with Gasteiger partial charge in [-0.05, 0) is 43.0 Å². The van der Waals surface area contributed by atoms with Crippen molar-refractivity contribution in [2.45, 2.75) is 32.7 Å². The number of ketones is 1. The molecule has 1 N–H and O–H groups in total. The summed E-state index contributed by atoms with van der Waals surface area (Å²) in [5.74, 6) is 0.695. The highest BCUT2D eigenvalue weighted by atomic mass is 32.1. The molecule has 0 unspecified atom stereocenters. The second-order valence-corrected chi connectivity index (χ2v) is 9.21. The van der Waals surface area contributed by atoms with Gasteiger partial charge in [-0.3, -0.25) is 9.69 Å². The van der Waals surface area contributed by atoms with E-state index < -0.39 is 0 Å². The maximum atomic E-state index is 11.4. The number of aryl methyl sites for hydroxylation is 2. The van der Waals surface area contributed by atoms with Crippen LogP contribution in [-0.4, -0.2) is 51.9 Å². The lowest BCUT2D eigenvalue weighted by Gasteiger charge is -2.25. The average molecular weight is 436 g/mol. The number of nitrogens with zero attached hydrogens (tertiary/aromatic N) is 4. The van der Waals surface area contributed by atoms with Gasteiger partial charge in [0.1, 0.15) is 16.5 Å². The summed E-state index contributed by atoms with van der Waals surface area (Å²) in [6.07, 6.45) is 4.27. The van der Waals surface area contributed by atoms with Crippen molar-refractivity contribution in [2.24, 2.45) is 0 Å². The molecule has 0 spiro atoms. The minimum absolute atomic E-state index is 0.145. The molecule has 0 amide bonds. The largest absolute Gasteiger partial charge is 0.379 e. The van der Waals surface area contributed by atoms with Gasteiger partial charge in [0.2, 0.25) is 5.95 Å². The van der Waals surface area contributed by atoms with Crippen molar-refractivity contribution in [3.8, 4) is 11.4 Å².